The Labute approximate surface area is 253 Å². The highest BCUT2D eigenvalue weighted by atomic mass is 14.8. The third kappa shape index (κ3) is 3.86. The zero-order valence-corrected chi connectivity index (χ0v) is 25.4. The molecule has 6 aromatic rings. The van der Waals surface area contributed by atoms with Crippen LogP contribution in [0.4, 0.5) is 0 Å². The normalized spacial score (nSPS) is 16.0. The minimum absolute atomic E-state index is 0.0218. The molecule has 0 N–H and O–H groups in total. The van der Waals surface area contributed by atoms with Crippen molar-refractivity contribution in [3.05, 3.63) is 138 Å². The Morgan fingerprint density at radius 1 is 0.558 bits per heavy atom. The SMILES string of the molecule is CC=CC1=CC(C)(C)c2cc(-c3ccc4ccc5ccc(-c6ccc7c(c6)C(C)(C)c6ccccc6-7)nc5c4n3)ccc21. The van der Waals surface area contributed by atoms with E-state index in [4.69, 9.17) is 9.97 Å². The van der Waals surface area contributed by atoms with Crippen LogP contribution in [0.2, 0.25) is 0 Å². The average Bonchev–Trinajstić information content (AvgIpc) is 3.41. The van der Waals surface area contributed by atoms with Gasteiger partial charge < -0.3 is 0 Å². The van der Waals surface area contributed by atoms with Crippen LogP contribution in [-0.4, -0.2) is 9.97 Å². The fourth-order valence-corrected chi connectivity index (χ4v) is 7.30. The van der Waals surface area contributed by atoms with E-state index in [1.807, 2.05) is 0 Å². The van der Waals surface area contributed by atoms with E-state index in [-0.39, 0.29) is 10.8 Å². The first kappa shape index (κ1) is 25.9. The van der Waals surface area contributed by atoms with Crippen LogP contribution in [0, 0.1) is 0 Å². The van der Waals surface area contributed by atoms with Gasteiger partial charge in [-0.05, 0) is 70.1 Å². The number of fused-ring (bicyclic) bond motifs is 7. The molecule has 0 unspecified atom stereocenters. The van der Waals surface area contributed by atoms with Crippen LogP contribution in [0.15, 0.2) is 115 Å². The minimum atomic E-state index is -0.0462. The monoisotopic (exact) mass is 554 g/mol. The van der Waals surface area contributed by atoms with E-state index >= 15 is 0 Å². The van der Waals surface area contributed by atoms with Gasteiger partial charge in [-0.2, -0.15) is 0 Å². The lowest BCUT2D eigenvalue weighted by molar-refractivity contribution is 0.660. The molecule has 0 amide bonds. The molecule has 0 saturated carbocycles. The number of pyridine rings is 2. The zero-order valence-electron chi connectivity index (χ0n) is 25.4. The third-order valence-electron chi connectivity index (χ3n) is 9.58. The number of aromatic nitrogens is 2. The molecule has 4 aromatic carbocycles. The van der Waals surface area contributed by atoms with Crippen LogP contribution in [-0.2, 0) is 10.8 Å². The molecule has 0 bridgehead atoms. The second-order valence-corrected chi connectivity index (χ2v) is 13.1. The van der Waals surface area contributed by atoms with Gasteiger partial charge in [0, 0.05) is 32.7 Å². The summed E-state index contributed by atoms with van der Waals surface area (Å²) < 4.78 is 0. The van der Waals surface area contributed by atoms with Crippen molar-refractivity contribution in [1.29, 1.82) is 0 Å². The molecule has 43 heavy (non-hydrogen) atoms. The van der Waals surface area contributed by atoms with Crippen molar-refractivity contribution in [2.24, 2.45) is 0 Å². The first-order chi connectivity index (χ1) is 20.7. The Hall–Kier alpha value is -4.82. The molecule has 2 aliphatic rings. The van der Waals surface area contributed by atoms with E-state index in [0.29, 0.717) is 0 Å². The summed E-state index contributed by atoms with van der Waals surface area (Å²) in [6.45, 7) is 11.3. The summed E-state index contributed by atoms with van der Waals surface area (Å²) in [5.41, 5.74) is 15.4. The van der Waals surface area contributed by atoms with Crippen molar-refractivity contribution in [2.75, 3.05) is 0 Å². The molecule has 0 atom stereocenters. The Morgan fingerprint density at radius 3 is 1.77 bits per heavy atom. The Balaban J connectivity index is 1.24. The van der Waals surface area contributed by atoms with Crippen LogP contribution in [0.3, 0.4) is 0 Å². The van der Waals surface area contributed by atoms with Crippen LogP contribution >= 0.6 is 0 Å². The largest absolute Gasteiger partial charge is 0.245 e. The van der Waals surface area contributed by atoms with Gasteiger partial charge in [0.05, 0.1) is 22.4 Å². The molecular weight excluding hydrogens is 520 g/mol. The molecule has 208 valence electrons. The molecule has 0 radical (unpaired) electrons. The summed E-state index contributed by atoms with van der Waals surface area (Å²) >= 11 is 0. The van der Waals surface area contributed by atoms with Crippen molar-refractivity contribution >= 4 is 27.4 Å². The van der Waals surface area contributed by atoms with Gasteiger partial charge in [-0.25, -0.2) is 9.97 Å². The van der Waals surface area contributed by atoms with E-state index in [1.54, 1.807) is 0 Å². The van der Waals surface area contributed by atoms with E-state index in [2.05, 4.69) is 150 Å². The predicted octanol–water partition coefficient (Wildman–Crippen LogP) is 10.7. The van der Waals surface area contributed by atoms with Gasteiger partial charge >= 0.3 is 0 Å². The fourth-order valence-electron chi connectivity index (χ4n) is 7.30. The lowest BCUT2D eigenvalue weighted by Crippen LogP contribution is -2.14. The first-order valence-corrected chi connectivity index (χ1v) is 15.2. The smallest absolute Gasteiger partial charge is 0.0972 e. The van der Waals surface area contributed by atoms with Gasteiger partial charge in [0.15, 0.2) is 0 Å². The second-order valence-electron chi connectivity index (χ2n) is 13.1. The number of hydrogen-bond donors (Lipinski definition) is 0. The Kier molecular flexibility index (Phi) is 5.46. The maximum atomic E-state index is 5.26. The highest BCUT2D eigenvalue weighted by Crippen LogP contribution is 2.49. The van der Waals surface area contributed by atoms with Crippen molar-refractivity contribution in [3.8, 4) is 33.6 Å². The quantitative estimate of drug-likeness (QED) is 0.203. The summed E-state index contributed by atoms with van der Waals surface area (Å²) in [4.78, 5) is 10.5. The molecular formula is C41H34N2. The maximum absolute atomic E-state index is 5.26. The van der Waals surface area contributed by atoms with Gasteiger partial charge in [0.25, 0.3) is 0 Å². The number of benzene rings is 4. The number of allylic oxidation sites excluding steroid dienone is 4. The lowest BCUT2D eigenvalue weighted by Gasteiger charge is -2.21. The summed E-state index contributed by atoms with van der Waals surface area (Å²) in [5, 5.41) is 2.20. The molecule has 0 spiro atoms. The summed E-state index contributed by atoms with van der Waals surface area (Å²) in [7, 11) is 0. The van der Waals surface area contributed by atoms with Gasteiger partial charge in [-0.15, -0.1) is 0 Å². The van der Waals surface area contributed by atoms with Crippen LogP contribution in [0.5, 0.6) is 0 Å². The summed E-state index contributed by atoms with van der Waals surface area (Å²) in [6, 6.07) is 35.4. The number of nitrogens with zero attached hydrogens (tertiary/aromatic N) is 2. The minimum Gasteiger partial charge on any atom is -0.245 e. The van der Waals surface area contributed by atoms with Crippen molar-refractivity contribution in [1.82, 2.24) is 9.97 Å². The first-order valence-electron chi connectivity index (χ1n) is 15.2. The molecule has 2 nitrogen and oxygen atoms in total. The van der Waals surface area contributed by atoms with Crippen LogP contribution < -0.4 is 0 Å². The Morgan fingerprint density at radius 2 is 1.12 bits per heavy atom. The topological polar surface area (TPSA) is 25.8 Å². The average molecular weight is 555 g/mol. The standard InChI is InChI=1S/C41H34N2/c1-6-9-29-24-40(2,3)34-22-27(14-18-30(29)34)36-20-16-25-12-13-26-17-21-37(43-39(26)38(25)42-36)28-15-19-32-31-10-7-8-11-33(31)41(4,5)35(32)23-28/h6-24H,1-5H3. The molecule has 0 saturated heterocycles. The zero-order chi connectivity index (χ0) is 29.5. The Bertz CT molecular complexity index is 2190. The highest BCUT2D eigenvalue weighted by molar-refractivity contribution is 6.04. The van der Waals surface area contributed by atoms with Gasteiger partial charge in [-0.3, -0.25) is 0 Å². The van der Waals surface area contributed by atoms with Crippen molar-refractivity contribution < 1.29 is 0 Å². The fraction of sp³-hybridized carbons (Fsp3) is 0.171. The number of hydrogen-bond acceptors (Lipinski definition) is 2. The van der Waals surface area contributed by atoms with Gasteiger partial charge in [0.1, 0.15) is 0 Å². The molecule has 2 aromatic heterocycles. The summed E-state index contributed by atoms with van der Waals surface area (Å²) in [5.74, 6) is 0. The second kappa shape index (κ2) is 9.09. The molecule has 2 heteroatoms. The van der Waals surface area contributed by atoms with Crippen molar-refractivity contribution in [2.45, 2.75) is 45.4 Å². The highest BCUT2D eigenvalue weighted by Gasteiger charge is 2.35. The predicted molar refractivity (Wildman–Crippen MR) is 181 cm³/mol. The van der Waals surface area contributed by atoms with Gasteiger partial charge in [-0.1, -0.05) is 119 Å². The van der Waals surface area contributed by atoms with E-state index < -0.39 is 0 Å². The van der Waals surface area contributed by atoms with E-state index in [0.717, 1.165) is 44.3 Å². The van der Waals surface area contributed by atoms with Crippen LogP contribution in [0.25, 0.3) is 61.0 Å². The number of rotatable bonds is 3. The molecule has 8 rings (SSSR count). The molecule has 0 fully saturated rings. The summed E-state index contributed by atoms with van der Waals surface area (Å²) in [6.07, 6.45) is 6.69. The van der Waals surface area contributed by atoms with E-state index in [1.165, 1.54) is 39.0 Å². The third-order valence-corrected chi connectivity index (χ3v) is 9.58. The van der Waals surface area contributed by atoms with Crippen molar-refractivity contribution in [3.63, 3.8) is 0 Å². The molecule has 2 aliphatic carbocycles. The van der Waals surface area contributed by atoms with Crippen LogP contribution in [0.1, 0.15) is 56.9 Å². The van der Waals surface area contributed by atoms with E-state index in [9.17, 15) is 0 Å². The van der Waals surface area contributed by atoms with Gasteiger partial charge in [0.2, 0.25) is 0 Å². The molecule has 2 heterocycles. The maximum Gasteiger partial charge on any atom is 0.0972 e. The lowest BCUT2D eigenvalue weighted by atomic mass is 9.82. The molecule has 0 aliphatic heterocycles.